The fourth-order valence-electron chi connectivity index (χ4n) is 2.93. The van der Waals surface area contributed by atoms with Crippen molar-refractivity contribution in [2.45, 2.75) is 31.7 Å². The average Bonchev–Trinajstić information content (AvgIpc) is 3.16. The first kappa shape index (κ1) is 14.1. The highest BCUT2D eigenvalue weighted by Crippen LogP contribution is 2.55. The summed E-state index contributed by atoms with van der Waals surface area (Å²) in [6.45, 7) is 3.26. The van der Waals surface area contributed by atoms with Crippen molar-refractivity contribution in [1.29, 1.82) is 0 Å². The molecule has 3 atom stereocenters. The molecule has 0 saturated heterocycles. The van der Waals surface area contributed by atoms with Crippen LogP contribution >= 0.6 is 22.9 Å². The van der Waals surface area contributed by atoms with Gasteiger partial charge in [0.25, 0.3) is 0 Å². The largest absolute Gasteiger partial charge is 0.309 e. The Morgan fingerprint density at radius 1 is 1.30 bits per heavy atom. The van der Waals surface area contributed by atoms with Crippen molar-refractivity contribution in [2.75, 3.05) is 6.54 Å². The number of hydrogen-bond donors (Lipinski definition) is 1. The predicted molar refractivity (Wildman–Crippen MR) is 87.7 cm³/mol. The Balaban J connectivity index is 1.77. The zero-order valence-electron chi connectivity index (χ0n) is 11.7. The van der Waals surface area contributed by atoms with E-state index in [4.69, 9.17) is 11.6 Å². The van der Waals surface area contributed by atoms with Gasteiger partial charge in [0.15, 0.2) is 0 Å². The highest BCUT2D eigenvalue weighted by molar-refractivity contribution is 7.10. The minimum absolute atomic E-state index is 0.410. The normalized spacial score (nSPS) is 22.7. The van der Waals surface area contributed by atoms with E-state index in [2.05, 4.69) is 48.0 Å². The molecule has 0 aliphatic heterocycles. The first-order valence-corrected chi connectivity index (χ1v) is 8.58. The van der Waals surface area contributed by atoms with Gasteiger partial charge in [0.05, 0.1) is 5.02 Å². The van der Waals surface area contributed by atoms with E-state index in [1.807, 2.05) is 6.07 Å². The molecule has 1 fully saturated rings. The minimum Gasteiger partial charge on any atom is -0.309 e. The van der Waals surface area contributed by atoms with Gasteiger partial charge in [-0.05, 0) is 48.2 Å². The van der Waals surface area contributed by atoms with Gasteiger partial charge in [-0.2, -0.15) is 0 Å². The molecule has 106 valence electrons. The molecule has 20 heavy (non-hydrogen) atoms. The van der Waals surface area contributed by atoms with E-state index in [9.17, 15) is 0 Å². The van der Waals surface area contributed by atoms with E-state index in [-0.39, 0.29) is 0 Å². The highest BCUT2D eigenvalue weighted by atomic mass is 35.5. The third-order valence-corrected chi connectivity index (χ3v) is 5.48. The van der Waals surface area contributed by atoms with Crippen molar-refractivity contribution in [1.82, 2.24) is 5.32 Å². The molecule has 0 spiro atoms. The minimum atomic E-state index is 0.410. The molecular formula is C17H20ClNS. The van der Waals surface area contributed by atoms with E-state index in [0.717, 1.165) is 18.0 Å². The summed E-state index contributed by atoms with van der Waals surface area (Å²) in [5.41, 5.74) is 1.47. The third-order valence-electron chi connectivity index (χ3n) is 4.04. The van der Waals surface area contributed by atoms with Gasteiger partial charge < -0.3 is 5.32 Å². The Morgan fingerprint density at radius 2 is 2.10 bits per heavy atom. The number of hydrogen-bond acceptors (Lipinski definition) is 2. The van der Waals surface area contributed by atoms with Gasteiger partial charge in [-0.15, -0.1) is 11.3 Å². The first-order valence-electron chi connectivity index (χ1n) is 7.32. The van der Waals surface area contributed by atoms with Gasteiger partial charge in [0, 0.05) is 10.9 Å². The fourth-order valence-corrected chi connectivity index (χ4v) is 4.26. The van der Waals surface area contributed by atoms with Crippen LogP contribution in [0.25, 0.3) is 0 Å². The summed E-state index contributed by atoms with van der Waals surface area (Å²) in [4.78, 5) is 1.31. The molecule has 0 amide bonds. The molecule has 0 bridgehead atoms. The number of rotatable bonds is 6. The maximum atomic E-state index is 6.35. The Bertz CT molecular complexity index is 551. The zero-order valence-corrected chi connectivity index (χ0v) is 13.3. The highest BCUT2D eigenvalue weighted by Gasteiger charge is 2.44. The Hall–Kier alpha value is -0.830. The second-order valence-corrected chi connectivity index (χ2v) is 6.84. The molecule has 1 aromatic carbocycles. The Kier molecular flexibility index (Phi) is 4.45. The van der Waals surface area contributed by atoms with Gasteiger partial charge in [-0.25, -0.2) is 0 Å². The van der Waals surface area contributed by atoms with Crippen LogP contribution in [0.1, 0.15) is 42.2 Å². The summed E-state index contributed by atoms with van der Waals surface area (Å²) in [5, 5.41) is 6.71. The fraction of sp³-hybridized carbons (Fsp3) is 0.412. The first-order chi connectivity index (χ1) is 9.81. The standard InChI is InChI=1S/C17H20ClNS/c1-2-9-19-16(17-15(18)8-10-20-17)14-11-13(14)12-6-4-3-5-7-12/h3-8,10,13-14,16,19H,2,9,11H2,1H3. The van der Waals surface area contributed by atoms with E-state index in [0.29, 0.717) is 17.9 Å². The zero-order chi connectivity index (χ0) is 13.9. The van der Waals surface area contributed by atoms with Crippen molar-refractivity contribution in [2.24, 2.45) is 5.92 Å². The van der Waals surface area contributed by atoms with E-state index < -0.39 is 0 Å². The molecule has 3 unspecified atom stereocenters. The number of nitrogens with one attached hydrogen (secondary N) is 1. The van der Waals surface area contributed by atoms with E-state index in [1.165, 1.54) is 16.9 Å². The second kappa shape index (κ2) is 6.30. The number of benzene rings is 1. The summed E-state index contributed by atoms with van der Waals surface area (Å²) in [5.74, 6) is 1.36. The Labute approximate surface area is 130 Å². The molecule has 1 heterocycles. The summed E-state index contributed by atoms with van der Waals surface area (Å²) < 4.78 is 0. The van der Waals surface area contributed by atoms with Crippen LogP contribution in [0.3, 0.4) is 0 Å². The molecule has 2 aromatic rings. The topological polar surface area (TPSA) is 12.0 Å². The monoisotopic (exact) mass is 305 g/mol. The number of thiophene rings is 1. The van der Waals surface area contributed by atoms with Gasteiger partial charge in [-0.3, -0.25) is 0 Å². The molecule has 1 aliphatic carbocycles. The quantitative estimate of drug-likeness (QED) is 0.769. The van der Waals surface area contributed by atoms with Crippen LogP contribution in [-0.2, 0) is 0 Å². The summed E-state index contributed by atoms with van der Waals surface area (Å²) in [6.07, 6.45) is 2.42. The molecule has 1 aromatic heterocycles. The molecular weight excluding hydrogens is 286 g/mol. The van der Waals surface area contributed by atoms with Crippen LogP contribution in [0, 0.1) is 5.92 Å². The molecule has 3 heteroatoms. The van der Waals surface area contributed by atoms with E-state index >= 15 is 0 Å². The average molecular weight is 306 g/mol. The molecule has 1 nitrogen and oxygen atoms in total. The van der Waals surface area contributed by atoms with Crippen molar-refractivity contribution < 1.29 is 0 Å². The number of halogens is 1. The molecule has 1 N–H and O–H groups in total. The molecule has 0 radical (unpaired) electrons. The van der Waals surface area contributed by atoms with Crippen LogP contribution in [0.4, 0.5) is 0 Å². The smallest absolute Gasteiger partial charge is 0.0561 e. The SMILES string of the molecule is CCCNC(c1sccc1Cl)C1CC1c1ccccc1. The van der Waals surface area contributed by atoms with Crippen LogP contribution in [0.5, 0.6) is 0 Å². The lowest BCUT2D eigenvalue weighted by Crippen LogP contribution is -2.23. The maximum absolute atomic E-state index is 6.35. The lowest BCUT2D eigenvalue weighted by Gasteiger charge is -2.18. The van der Waals surface area contributed by atoms with E-state index in [1.54, 1.807) is 11.3 Å². The molecule has 1 aliphatic rings. The summed E-state index contributed by atoms with van der Waals surface area (Å²) >= 11 is 8.13. The van der Waals surface area contributed by atoms with Crippen molar-refractivity contribution >= 4 is 22.9 Å². The lowest BCUT2D eigenvalue weighted by atomic mass is 10.0. The van der Waals surface area contributed by atoms with Crippen LogP contribution in [0.15, 0.2) is 41.8 Å². The van der Waals surface area contributed by atoms with Crippen molar-refractivity contribution in [3.05, 3.63) is 57.2 Å². The van der Waals surface area contributed by atoms with Gasteiger partial charge in [0.1, 0.15) is 0 Å². The van der Waals surface area contributed by atoms with Crippen molar-refractivity contribution in [3.63, 3.8) is 0 Å². The predicted octanol–water partition coefficient (Wildman–Crippen LogP) is 5.25. The van der Waals surface area contributed by atoms with Crippen molar-refractivity contribution in [3.8, 4) is 0 Å². The maximum Gasteiger partial charge on any atom is 0.0561 e. The Morgan fingerprint density at radius 3 is 2.75 bits per heavy atom. The molecule has 3 rings (SSSR count). The lowest BCUT2D eigenvalue weighted by molar-refractivity contribution is 0.480. The van der Waals surface area contributed by atoms with Crippen LogP contribution in [0.2, 0.25) is 5.02 Å². The van der Waals surface area contributed by atoms with Gasteiger partial charge >= 0.3 is 0 Å². The van der Waals surface area contributed by atoms with Crippen LogP contribution in [-0.4, -0.2) is 6.54 Å². The summed E-state index contributed by atoms with van der Waals surface area (Å²) in [6, 6.07) is 13.3. The van der Waals surface area contributed by atoms with Gasteiger partial charge in [-0.1, -0.05) is 48.9 Å². The van der Waals surface area contributed by atoms with Crippen LogP contribution < -0.4 is 5.32 Å². The molecule has 1 saturated carbocycles. The van der Waals surface area contributed by atoms with Gasteiger partial charge in [0.2, 0.25) is 0 Å². The third kappa shape index (κ3) is 2.93. The second-order valence-electron chi connectivity index (χ2n) is 5.48. The summed E-state index contributed by atoms with van der Waals surface area (Å²) in [7, 11) is 0.